The lowest BCUT2D eigenvalue weighted by Crippen LogP contribution is -2.50. The third kappa shape index (κ3) is 4.67. The van der Waals surface area contributed by atoms with Crippen molar-refractivity contribution < 1.29 is 4.79 Å². The van der Waals surface area contributed by atoms with Crippen LogP contribution in [0.25, 0.3) is 10.2 Å². The molecule has 3 aliphatic rings. The molecule has 3 aromatic rings. The van der Waals surface area contributed by atoms with Crippen LogP contribution >= 0.6 is 27.3 Å². The summed E-state index contributed by atoms with van der Waals surface area (Å²) in [7, 11) is 0. The van der Waals surface area contributed by atoms with E-state index in [4.69, 9.17) is 9.97 Å². The number of thiophene rings is 1. The highest BCUT2D eigenvalue weighted by molar-refractivity contribution is 9.10. The van der Waals surface area contributed by atoms with Crippen molar-refractivity contribution in [1.29, 1.82) is 0 Å². The summed E-state index contributed by atoms with van der Waals surface area (Å²) in [5.74, 6) is 2.67. The Labute approximate surface area is 219 Å². The van der Waals surface area contributed by atoms with Gasteiger partial charge in [0, 0.05) is 41.4 Å². The predicted molar refractivity (Wildman–Crippen MR) is 147 cm³/mol. The molecule has 0 bridgehead atoms. The van der Waals surface area contributed by atoms with Gasteiger partial charge in [-0.05, 0) is 72.2 Å². The number of rotatable bonds is 3. The minimum absolute atomic E-state index is 0.0415. The Bertz CT molecular complexity index is 1230. The molecule has 6 nitrogen and oxygen atoms in total. The number of carbonyl (C=O) groups excluding carboxylic acids is 1. The molecule has 1 saturated carbocycles. The van der Waals surface area contributed by atoms with Crippen LogP contribution in [0.15, 0.2) is 28.7 Å². The molecule has 0 atom stereocenters. The SMILES string of the molecule is O=C(Nc1ccccc1Br)N1CCN(c2nc(C3CCCCC3)nc3sc4c(c23)CCCC4)CC1. The molecule has 2 aromatic heterocycles. The Morgan fingerprint density at radius 3 is 2.54 bits per heavy atom. The van der Waals surface area contributed by atoms with Crippen LogP contribution in [0.2, 0.25) is 0 Å². The number of carbonyl (C=O) groups is 1. The average molecular weight is 555 g/mol. The Balaban J connectivity index is 1.26. The Kier molecular flexibility index (Phi) is 6.67. The summed E-state index contributed by atoms with van der Waals surface area (Å²) in [5.41, 5.74) is 2.30. The lowest BCUT2D eigenvalue weighted by Gasteiger charge is -2.36. The van der Waals surface area contributed by atoms with Gasteiger partial charge in [-0.2, -0.15) is 0 Å². The lowest BCUT2D eigenvalue weighted by atomic mass is 9.88. The number of nitrogens with one attached hydrogen (secondary N) is 1. The molecule has 2 amide bonds. The average Bonchev–Trinajstić information content (AvgIpc) is 3.29. The zero-order valence-corrected chi connectivity index (χ0v) is 22.5. The second-order valence-electron chi connectivity index (χ2n) is 10.0. The third-order valence-electron chi connectivity index (χ3n) is 7.77. The molecule has 2 aliphatic carbocycles. The summed E-state index contributed by atoms with van der Waals surface area (Å²) in [6.45, 7) is 2.97. The molecule has 2 fully saturated rings. The summed E-state index contributed by atoms with van der Waals surface area (Å²) in [4.78, 5) is 30.4. The maximum atomic E-state index is 12.9. The van der Waals surface area contributed by atoms with Gasteiger partial charge in [0.15, 0.2) is 0 Å². The van der Waals surface area contributed by atoms with E-state index in [9.17, 15) is 4.79 Å². The highest BCUT2D eigenvalue weighted by Crippen LogP contribution is 2.42. The minimum Gasteiger partial charge on any atom is -0.352 e. The largest absolute Gasteiger partial charge is 0.352 e. The number of halogens is 1. The smallest absolute Gasteiger partial charge is 0.321 e. The fourth-order valence-corrected chi connectivity index (χ4v) is 7.45. The molecule has 6 rings (SSSR count). The van der Waals surface area contributed by atoms with Crippen LogP contribution in [0.4, 0.5) is 16.3 Å². The van der Waals surface area contributed by atoms with Gasteiger partial charge in [0.25, 0.3) is 0 Å². The van der Waals surface area contributed by atoms with Crippen molar-refractivity contribution in [2.75, 3.05) is 36.4 Å². The standard InChI is InChI=1S/C27H32BrN5OS/c28-20-11-5-6-12-21(20)29-27(34)33-16-14-32(15-17-33)25-23-19-10-4-7-13-22(19)35-26(23)31-24(30-25)18-8-2-1-3-9-18/h5-6,11-12,18H,1-4,7-10,13-17H2,(H,29,34). The normalized spacial score (nSPS) is 19.1. The van der Waals surface area contributed by atoms with Crippen LogP contribution in [0.1, 0.15) is 67.1 Å². The molecular weight excluding hydrogens is 522 g/mol. The zero-order valence-electron chi connectivity index (χ0n) is 20.1. The molecular formula is C27H32BrN5OS. The van der Waals surface area contributed by atoms with Gasteiger partial charge in [0.2, 0.25) is 0 Å². The molecule has 1 aliphatic heterocycles. The Hall–Kier alpha value is -2.19. The van der Waals surface area contributed by atoms with Crippen molar-refractivity contribution in [1.82, 2.24) is 14.9 Å². The quantitative estimate of drug-likeness (QED) is 0.390. The second-order valence-corrected chi connectivity index (χ2v) is 12.0. The number of aryl methyl sites for hydroxylation is 2. The van der Waals surface area contributed by atoms with Crippen LogP contribution in [0, 0.1) is 0 Å². The molecule has 0 radical (unpaired) electrons. The number of benzene rings is 1. The van der Waals surface area contributed by atoms with Crippen LogP contribution in [-0.2, 0) is 12.8 Å². The molecule has 0 spiro atoms. The molecule has 0 unspecified atom stereocenters. The minimum atomic E-state index is -0.0415. The number of para-hydroxylation sites is 1. The Morgan fingerprint density at radius 1 is 0.971 bits per heavy atom. The summed E-state index contributed by atoms with van der Waals surface area (Å²) < 4.78 is 0.896. The maximum Gasteiger partial charge on any atom is 0.321 e. The van der Waals surface area contributed by atoms with Crippen molar-refractivity contribution in [3.8, 4) is 0 Å². The number of aromatic nitrogens is 2. The van der Waals surface area contributed by atoms with Crippen molar-refractivity contribution in [2.45, 2.75) is 63.7 Å². The van der Waals surface area contributed by atoms with Gasteiger partial charge in [0.1, 0.15) is 16.5 Å². The summed E-state index contributed by atoms with van der Waals surface area (Å²) in [6, 6.07) is 7.71. The monoisotopic (exact) mass is 553 g/mol. The first-order valence-corrected chi connectivity index (χ1v) is 14.7. The van der Waals surface area contributed by atoms with Crippen LogP contribution in [0.3, 0.4) is 0 Å². The van der Waals surface area contributed by atoms with E-state index >= 15 is 0 Å². The maximum absolute atomic E-state index is 12.9. The molecule has 1 N–H and O–H groups in total. The van der Waals surface area contributed by atoms with E-state index in [0.717, 1.165) is 41.3 Å². The predicted octanol–water partition coefficient (Wildman–Crippen LogP) is 6.73. The number of fused-ring (bicyclic) bond motifs is 3. The molecule has 35 heavy (non-hydrogen) atoms. The highest BCUT2D eigenvalue weighted by Gasteiger charge is 2.29. The van der Waals surface area contributed by atoms with E-state index in [1.165, 1.54) is 72.0 Å². The van der Waals surface area contributed by atoms with Gasteiger partial charge < -0.3 is 15.1 Å². The topological polar surface area (TPSA) is 61.4 Å². The number of anilines is 2. The fraction of sp³-hybridized carbons (Fsp3) is 0.519. The molecule has 1 aromatic carbocycles. The van der Waals surface area contributed by atoms with E-state index in [-0.39, 0.29) is 6.03 Å². The molecule has 1 saturated heterocycles. The molecule has 8 heteroatoms. The first-order chi connectivity index (χ1) is 17.2. The van der Waals surface area contributed by atoms with Crippen LogP contribution < -0.4 is 10.2 Å². The summed E-state index contributed by atoms with van der Waals surface area (Å²) in [5, 5.41) is 4.35. The van der Waals surface area contributed by atoms with E-state index < -0.39 is 0 Å². The van der Waals surface area contributed by atoms with Gasteiger partial charge in [-0.25, -0.2) is 14.8 Å². The highest BCUT2D eigenvalue weighted by atomic mass is 79.9. The van der Waals surface area contributed by atoms with Gasteiger partial charge >= 0.3 is 6.03 Å². The van der Waals surface area contributed by atoms with Gasteiger partial charge in [-0.1, -0.05) is 31.4 Å². The van der Waals surface area contributed by atoms with E-state index in [1.807, 2.05) is 40.5 Å². The number of piperazine rings is 1. The second kappa shape index (κ2) is 10.1. The van der Waals surface area contributed by atoms with Crippen LogP contribution in [0.5, 0.6) is 0 Å². The number of hydrogen-bond acceptors (Lipinski definition) is 5. The number of amides is 2. The lowest BCUT2D eigenvalue weighted by molar-refractivity contribution is 0.208. The van der Waals surface area contributed by atoms with Crippen LogP contribution in [-0.4, -0.2) is 47.1 Å². The first kappa shape index (κ1) is 23.2. The zero-order chi connectivity index (χ0) is 23.8. The van der Waals surface area contributed by atoms with Crippen molar-refractivity contribution >= 4 is 55.0 Å². The Morgan fingerprint density at radius 2 is 1.74 bits per heavy atom. The van der Waals surface area contributed by atoms with Gasteiger partial charge in [-0.15, -0.1) is 11.3 Å². The fourth-order valence-electron chi connectivity index (χ4n) is 5.80. The van der Waals surface area contributed by atoms with E-state index in [2.05, 4.69) is 26.1 Å². The number of nitrogens with zero attached hydrogens (tertiary/aromatic N) is 4. The van der Waals surface area contributed by atoms with E-state index in [0.29, 0.717) is 19.0 Å². The number of urea groups is 1. The summed E-state index contributed by atoms with van der Waals surface area (Å²) >= 11 is 5.43. The van der Waals surface area contributed by atoms with Crippen molar-refractivity contribution in [2.24, 2.45) is 0 Å². The van der Waals surface area contributed by atoms with Crippen molar-refractivity contribution in [3.63, 3.8) is 0 Å². The third-order valence-corrected chi connectivity index (χ3v) is 9.64. The van der Waals surface area contributed by atoms with Gasteiger partial charge in [-0.3, -0.25) is 0 Å². The molecule has 184 valence electrons. The molecule has 3 heterocycles. The number of hydrogen-bond donors (Lipinski definition) is 1. The van der Waals surface area contributed by atoms with Gasteiger partial charge in [0.05, 0.1) is 11.1 Å². The van der Waals surface area contributed by atoms with E-state index in [1.54, 1.807) is 0 Å². The summed E-state index contributed by atoms with van der Waals surface area (Å²) in [6.07, 6.45) is 11.2. The van der Waals surface area contributed by atoms with Crippen molar-refractivity contribution in [3.05, 3.63) is 45.0 Å². The first-order valence-electron chi connectivity index (χ1n) is 13.0.